The predicted octanol–water partition coefficient (Wildman–Crippen LogP) is 2.23. The average Bonchev–Trinajstić information content (AvgIpc) is 2.70. The van der Waals surface area contributed by atoms with Crippen LogP contribution in [0.5, 0.6) is 5.75 Å². The van der Waals surface area contributed by atoms with E-state index in [1.807, 2.05) is 37.3 Å². The standard InChI is InChI=1S/C20H23N3O4/c1-2-12-21-20(26)23-18(24)14-27-17-11-7-6-10-16(17)19(25)22-13-15-8-4-3-5-9-15/h3-11H,2,12-14H2,1H3,(H,22,25)(H2,21,23,24,26). The van der Waals surface area contributed by atoms with Crippen molar-refractivity contribution in [3.8, 4) is 5.75 Å². The highest BCUT2D eigenvalue weighted by atomic mass is 16.5. The number of carbonyl (C=O) groups excluding carboxylic acids is 3. The second-order valence-electron chi connectivity index (χ2n) is 5.76. The molecule has 0 heterocycles. The Kier molecular flexibility index (Phi) is 7.84. The first-order chi connectivity index (χ1) is 13.1. The van der Waals surface area contributed by atoms with Crippen LogP contribution in [-0.4, -0.2) is 31.0 Å². The number of imide groups is 1. The molecule has 0 radical (unpaired) electrons. The Labute approximate surface area is 158 Å². The monoisotopic (exact) mass is 369 g/mol. The molecule has 2 aromatic carbocycles. The summed E-state index contributed by atoms with van der Waals surface area (Å²) >= 11 is 0. The van der Waals surface area contributed by atoms with Crippen LogP contribution in [0.1, 0.15) is 29.3 Å². The van der Waals surface area contributed by atoms with Crippen LogP contribution in [0.4, 0.5) is 4.79 Å². The summed E-state index contributed by atoms with van der Waals surface area (Å²) in [6, 6.07) is 15.6. The number of carbonyl (C=O) groups is 3. The summed E-state index contributed by atoms with van der Waals surface area (Å²) in [5.41, 5.74) is 1.29. The summed E-state index contributed by atoms with van der Waals surface area (Å²) in [6.07, 6.45) is 0.767. The van der Waals surface area contributed by atoms with Gasteiger partial charge >= 0.3 is 6.03 Å². The zero-order chi connectivity index (χ0) is 19.5. The molecule has 142 valence electrons. The predicted molar refractivity (Wildman–Crippen MR) is 101 cm³/mol. The van der Waals surface area contributed by atoms with Crippen LogP contribution in [0, 0.1) is 0 Å². The molecule has 0 saturated carbocycles. The number of rotatable bonds is 8. The average molecular weight is 369 g/mol. The molecular weight excluding hydrogens is 346 g/mol. The van der Waals surface area contributed by atoms with Crippen molar-refractivity contribution >= 4 is 17.8 Å². The topological polar surface area (TPSA) is 96.5 Å². The number of para-hydroxylation sites is 1. The van der Waals surface area contributed by atoms with E-state index in [1.165, 1.54) is 0 Å². The van der Waals surface area contributed by atoms with Gasteiger partial charge in [0.25, 0.3) is 11.8 Å². The molecule has 0 saturated heterocycles. The van der Waals surface area contributed by atoms with E-state index >= 15 is 0 Å². The van der Waals surface area contributed by atoms with Crippen LogP contribution < -0.4 is 20.7 Å². The van der Waals surface area contributed by atoms with Crippen molar-refractivity contribution in [3.63, 3.8) is 0 Å². The molecule has 2 aromatic rings. The Balaban J connectivity index is 1.89. The van der Waals surface area contributed by atoms with Gasteiger partial charge in [-0.15, -0.1) is 0 Å². The molecule has 4 amide bonds. The van der Waals surface area contributed by atoms with Crippen molar-refractivity contribution in [3.05, 3.63) is 65.7 Å². The highest BCUT2D eigenvalue weighted by molar-refractivity contribution is 5.97. The van der Waals surface area contributed by atoms with E-state index in [0.717, 1.165) is 12.0 Å². The van der Waals surface area contributed by atoms with Crippen molar-refractivity contribution in [1.29, 1.82) is 0 Å². The molecule has 0 atom stereocenters. The minimum atomic E-state index is -0.594. The summed E-state index contributed by atoms with van der Waals surface area (Å²) in [6.45, 7) is 2.39. The third kappa shape index (κ3) is 6.81. The van der Waals surface area contributed by atoms with Gasteiger partial charge in [0.15, 0.2) is 6.61 Å². The Morgan fingerprint density at radius 3 is 2.37 bits per heavy atom. The van der Waals surface area contributed by atoms with E-state index in [4.69, 9.17) is 4.74 Å². The van der Waals surface area contributed by atoms with E-state index in [9.17, 15) is 14.4 Å². The molecule has 0 aliphatic heterocycles. The van der Waals surface area contributed by atoms with E-state index in [2.05, 4.69) is 16.0 Å². The molecule has 3 N–H and O–H groups in total. The summed E-state index contributed by atoms with van der Waals surface area (Å²) in [5.74, 6) is -0.633. The minimum absolute atomic E-state index is 0.271. The third-order valence-electron chi connectivity index (χ3n) is 3.57. The first-order valence-electron chi connectivity index (χ1n) is 8.71. The van der Waals surface area contributed by atoms with Crippen molar-refractivity contribution in [2.24, 2.45) is 0 Å². The number of nitrogens with one attached hydrogen (secondary N) is 3. The largest absolute Gasteiger partial charge is 0.483 e. The van der Waals surface area contributed by atoms with E-state index in [1.54, 1.807) is 24.3 Å². The van der Waals surface area contributed by atoms with Gasteiger partial charge in [0.2, 0.25) is 0 Å². The molecule has 0 aliphatic rings. The lowest BCUT2D eigenvalue weighted by Gasteiger charge is -2.12. The number of hydrogen-bond donors (Lipinski definition) is 3. The molecule has 0 aromatic heterocycles. The lowest BCUT2D eigenvalue weighted by atomic mass is 10.1. The summed E-state index contributed by atoms with van der Waals surface area (Å²) in [5, 5.41) is 7.51. The van der Waals surface area contributed by atoms with Gasteiger partial charge in [-0.1, -0.05) is 49.4 Å². The SMILES string of the molecule is CCCNC(=O)NC(=O)COc1ccccc1C(=O)NCc1ccccc1. The quantitative estimate of drug-likeness (QED) is 0.665. The van der Waals surface area contributed by atoms with Gasteiger partial charge in [0.05, 0.1) is 5.56 Å². The number of benzene rings is 2. The highest BCUT2D eigenvalue weighted by Gasteiger charge is 2.14. The van der Waals surface area contributed by atoms with E-state index in [0.29, 0.717) is 18.7 Å². The summed E-state index contributed by atoms with van der Waals surface area (Å²) in [4.78, 5) is 35.7. The third-order valence-corrected chi connectivity index (χ3v) is 3.57. The van der Waals surface area contributed by atoms with Gasteiger partial charge in [0, 0.05) is 13.1 Å². The van der Waals surface area contributed by atoms with Gasteiger partial charge in [-0.25, -0.2) is 4.79 Å². The molecule has 0 fully saturated rings. The number of urea groups is 1. The fraction of sp³-hybridized carbons (Fsp3) is 0.250. The highest BCUT2D eigenvalue weighted by Crippen LogP contribution is 2.18. The Morgan fingerprint density at radius 1 is 0.926 bits per heavy atom. The fourth-order valence-corrected chi connectivity index (χ4v) is 2.24. The fourth-order valence-electron chi connectivity index (χ4n) is 2.24. The van der Waals surface area contributed by atoms with Crippen molar-refractivity contribution in [1.82, 2.24) is 16.0 Å². The zero-order valence-corrected chi connectivity index (χ0v) is 15.2. The molecule has 0 aliphatic carbocycles. The van der Waals surface area contributed by atoms with Crippen LogP contribution in [0.25, 0.3) is 0 Å². The van der Waals surface area contributed by atoms with E-state index < -0.39 is 11.9 Å². The van der Waals surface area contributed by atoms with Gasteiger partial charge in [0.1, 0.15) is 5.75 Å². The van der Waals surface area contributed by atoms with Crippen LogP contribution in [0.3, 0.4) is 0 Å². The molecule has 0 spiro atoms. The summed E-state index contributed by atoms with van der Waals surface area (Å²) in [7, 11) is 0. The second kappa shape index (κ2) is 10.6. The Morgan fingerprint density at radius 2 is 1.63 bits per heavy atom. The van der Waals surface area contributed by atoms with Crippen molar-refractivity contribution in [2.45, 2.75) is 19.9 Å². The smallest absolute Gasteiger partial charge is 0.321 e. The van der Waals surface area contributed by atoms with Crippen molar-refractivity contribution < 1.29 is 19.1 Å². The van der Waals surface area contributed by atoms with Gasteiger partial charge < -0.3 is 15.4 Å². The Bertz CT molecular complexity index is 778. The van der Waals surface area contributed by atoms with E-state index in [-0.39, 0.29) is 18.3 Å². The van der Waals surface area contributed by atoms with Crippen molar-refractivity contribution in [2.75, 3.05) is 13.2 Å². The first-order valence-corrected chi connectivity index (χ1v) is 8.71. The lowest BCUT2D eigenvalue weighted by Crippen LogP contribution is -2.41. The maximum Gasteiger partial charge on any atom is 0.321 e. The van der Waals surface area contributed by atoms with Gasteiger partial charge in [-0.2, -0.15) is 0 Å². The zero-order valence-electron chi connectivity index (χ0n) is 15.2. The first kappa shape index (κ1) is 20.0. The maximum absolute atomic E-state index is 12.4. The number of ether oxygens (including phenoxy) is 1. The molecule has 2 rings (SSSR count). The summed E-state index contributed by atoms with van der Waals surface area (Å²) < 4.78 is 5.42. The van der Waals surface area contributed by atoms with Crippen LogP contribution in [0.15, 0.2) is 54.6 Å². The molecule has 7 heteroatoms. The van der Waals surface area contributed by atoms with Crippen LogP contribution >= 0.6 is 0 Å². The van der Waals surface area contributed by atoms with Crippen LogP contribution in [-0.2, 0) is 11.3 Å². The number of hydrogen-bond acceptors (Lipinski definition) is 4. The molecule has 7 nitrogen and oxygen atoms in total. The molecule has 0 unspecified atom stereocenters. The van der Waals surface area contributed by atoms with Gasteiger partial charge in [-0.3, -0.25) is 14.9 Å². The minimum Gasteiger partial charge on any atom is -0.483 e. The number of amides is 4. The lowest BCUT2D eigenvalue weighted by molar-refractivity contribution is -0.122. The maximum atomic E-state index is 12.4. The normalized spacial score (nSPS) is 9.96. The second-order valence-corrected chi connectivity index (χ2v) is 5.76. The molecule has 27 heavy (non-hydrogen) atoms. The van der Waals surface area contributed by atoms with Crippen LogP contribution in [0.2, 0.25) is 0 Å². The Hall–Kier alpha value is -3.35. The molecular formula is C20H23N3O4. The molecule has 0 bridgehead atoms. The van der Waals surface area contributed by atoms with Gasteiger partial charge in [-0.05, 0) is 24.1 Å².